The van der Waals surface area contributed by atoms with Gasteiger partial charge in [-0.1, -0.05) is 38.8 Å². The van der Waals surface area contributed by atoms with Gasteiger partial charge in [0.1, 0.15) is 0 Å². The lowest BCUT2D eigenvalue weighted by atomic mass is 10.0. The molecule has 2 heteroatoms. The standard InChI is InChI=1S/C17H28N2/c1-3-15(4-2)13-18-17-9-7-16(8-10-17)14-19-11-5-6-12-19/h7-10,15,18H,3-6,11-14H2,1-2H3. The lowest BCUT2D eigenvalue weighted by Gasteiger charge is -2.16. The third kappa shape index (κ3) is 4.54. The van der Waals surface area contributed by atoms with Crippen molar-refractivity contribution in [2.45, 2.75) is 46.1 Å². The molecular formula is C17H28N2. The average molecular weight is 260 g/mol. The molecule has 1 fully saturated rings. The highest BCUT2D eigenvalue weighted by molar-refractivity contribution is 5.44. The van der Waals surface area contributed by atoms with Gasteiger partial charge in [-0.05, 0) is 49.5 Å². The number of nitrogens with one attached hydrogen (secondary N) is 1. The molecule has 2 nitrogen and oxygen atoms in total. The van der Waals surface area contributed by atoms with Crippen molar-refractivity contribution in [1.82, 2.24) is 4.90 Å². The van der Waals surface area contributed by atoms with E-state index in [9.17, 15) is 0 Å². The molecule has 19 heavy (non-hydrogen) atoms. The van der Waals surface area contributed by atoms with E-state index in [2.05, 4.69) is 48.3 Å². The first kappa shape index (κ1) is 14.4. The highest BCUT2D eigenvalue weighted by atomic mass is 15.1. The molecule has 1 saturated heterocycles. The zero-order valence-corrected chi connectivity index (χ0v) is 12.5. The van der Waals surface area contributed by atoms with Crippen LogP contribution in [0.5, 0.6) is 0 Å². The molecule has 0 aromatic heterocycles. The third-order valence-corrected chi connectivity index (χ3v) is 4.31. The molecule has 2 rings (SSSR count). The largest absolute Gasteiger partial charge is 0.385 e. The first-order valence-electron chi connectivity index (χ1n) is 7.87. The first-order valence-corrected chi connectivity index (χ1v) is 7.87. The molecule has 0 aliphatic carbocycles. The fourth-order valence-corrected chi connectivity index (χ4v) is 2.77. The van der Waals surface area contributed by atoms with Crippen LogP contribution in [0.3, 0.4) is 0 Å². The van der Waals surface area contributed by atoms with Gasteiger partial charge >= 0.3 is 0 Å². The van der Waals surface area contributed by atoms with Crippen molar-refractivity contribution in [2.24, 2.45) is 5.92 Å². The van der Waals surface area contributed by atoms with Crippen LogP contribution in [-0.4, -0.2) is 24.5 Å². The van der Waals surface area contributed by atoms with E-state index in [1.807, 2.05) is 0 Å². The van der Waals surface area contributed by atoms with Crippen LogP contribution in [0.2, 0.25) is 0 Å². The minimum atomic E-state index is 0.796. The smallest absolute Gasteiger partial charge is 0.0340 e. The summed E-state index contributed by atoms with van der Waals surface area (Å²) in [6.45, 7) is 9.30. The molecule has 0 bridgehead atoms. The van der Waals surface area contributed by atoms with E-state index in [4.69, 9.17) is 0 Å². The van der Waals surface area contributed by atoms with E-state index in [1.54, 1.807) is 0 Å². The summed E-state index contributed by atoms with van der Waals surface area (Å²) in [5.41, 5.74) is 2.70. The fraction of sp³-hybridized carbons (Fsp3) is 0.647. The van der Waals surface area contributed by atoms with Gasteiger partial charge in [0.2, 0.25) is 0 Å². The van der Waals surface area contributed by atoms with Crippen molar-refractivity contribution >= 4 is 5.69 Å². The van der Waals surface area contributed by atoms with Crippen molar-refractivity contribution in [2.75, 3.05) is 25.0 Å². The molecule has 0 spiro atoms. The second-order valence-corrected chi connectivity index (χ2v) is 5.74. The first-order chi connectivity index (χ1) is 9.31. The molecule has 0 radical (unpaired) electrons. The summed E-state index contributed by atoms with van der Waals surface area (Å²) in [6.07, 6.45) is 5.26. The maximum absolute atomic E-state index is 3.55. The van der Waals surface area contributed by atoms with Gasteiger partial charge in [-0.15, -0.1) is 0 Å². The number of hydrogen-bond donors (Lipinski definition) is 1. The molecule has 0 amide bonds. The molecule has 1 aromatic rings. The number of hydrogen-bond acceptors (Lipinski definition) is 2. The van der Waals surface area contributed by atoms with Crippen LogP contribution in [0.15, 0.2) is 24.3 Å². The highest BCUT2D eigenvalue weighted by Gasteiger charge is 2.11. The van der Waals surface area contributed by atoms with Crippen LogP contribution in [-0.2, 0) is 6.54 Å². The molecule has 0 saturated carbocycles. The lowest BCUT2D eigenvalue weighted by Crippen LogP contribution is -2.18. The Labute approximate surface area is 118 Å². The summed E-state index contributed by atoms with van der Waals surface area (Å²) >= 11 is 0. The zero-order valence-electron chi connectivity index (χ0n) is 12.5. The molecular weight excluding hydrogens is 232 g/mol. The molecule has 1 N–H and O–H groups in total. The number of anilines is 1. The van der Waals surface area contributed by atoms with Gasteiger partial charge in [-0.2, -0.15) is 0 Å². The van der Waals surface area contributed by atoms with E-state index in [0.717, 1.165) is 19.0 Å². The monoisotopic (exact) mass is 260 g/mol. The van der Waals surface area contributed by atoms with Crippen molar-refractivity contribution in [3.05, 3.63) is 29.8 Å². The quantitative estimate of drug-likeness (QED) is 0.793. The highest BCUT2D eigenvalue weighted by Crippen LogP contribution is 2.16. The van der Waals surface area contributed by atoms with E-state index in [1.165, 1.54) is 50.0 Å². The maximum Gasteiger partial charge on any atom is 0.0340 e. The molecule has 0 atom stereocenters. The van der Waals surface area contributed by atoms with Gasteiger partial charge in [0.05, 0.1) is 0 Å². The second-order valence-electron chi connectivity index (χ2n) is 5.74. The molecule has 1 aromatic carbocycles. The Hall–Kier alpha value is -1.02. The van der Waals surface area contributed by atoms with Gasteiger partial charge in [-0.3, -0.25) is 4.90 Å². The number of benzene rings is 1. The Balaban J connectivity index is 1.80. The van der Waals surface area contributed by atoms with Crippen LogP contribution in [0.25, 0.3) is 0 Å². The Bertz CT molecular complexity index is 348. The molecule has 1 heterocycles. The molecule has 0 unspecified atom stereocenters. The Kier molecular flexibility index (Phi) is 5.71. The zero-order chi connectivity index (χ0) is 13.5. The summed E-state index contributed by atoms with van der Waals surface area (Å²) in [7, 11) is 0. The minimum absolute atomic E-state index is 0.796. The average Bonchev–Trinajstić information content (AvgIpc) is 2.95. The number of nitrogens with zero attached hydrogens (tertiary/aromatic N) is 1. The van der Waals surface area contributed by atoms with E-state index in [-0.39, 0.29) is 0 Å². The van der Waals surface area contributed by atoms with Gasteiger partial charge in [0, 0.05) is 18.8 Å². The van der Waals surface area contributed by atoms with E-state index < -0.39 is 0 Å². The van der Waals surface area contributed by atoms with Gasteiger partial charge in [-0.25, -0.2) is 0 Å². The summed E-state index contributed by atoms with van der Waals surface area (Å²) in [5.74, 6) is 0.796. The predicted molar refractivity (Wildman–Crippen MR) is 83.5 cm³/mol. The van der Waals surface area contributed by atoms with Crippen molar-refractivity contribution in [3.63, 3.8) is 0 Å². The van der Waals surface area contributed by atoms with Gasteiger partial charge < -0.3 is 5.32 Å². The van der Waals surface area contributed by atoms with E-state index in [0.29, 0.717) is 0 Å². The normalized spacial score (nSPS) is 16.2. The Morgan fingerprint density at radius 2 is 1.68 bits per heavy atom. The molecule has 1 aliphatic heterocycles. The minimum Gasteiger partial charge on any atom is -0.385 e. The van der Waals surface area contributed by atoms with Crippen LogP contribution in [0.4, 0.5) is 5.69 Å². The number of rotatable bonds is 7. The van der Waals surface area contributed by atoms with Gasteiger partial charge in [0.15, 0.2) is 0 Å². The molecule has 106 valence electrons. The molecule has 1 aliphatic rings. The fourth-order valence-electron chi connectivity index (χ4n) is 2.77. The lowest BCUT2D eigenvalue weighted by molar-refractivity contribution is 0.331. The van der Waals surface area contributed by atoms with Crippen LogP contribution < -0.4 is 5.32 Å². The SMILES string of the molecule is CCC(CC)CNc1ccc(CN2CCCC2)cc1. The summed E-state index contributed by atoms with van der Waals surface area (Å²) < 4.78 is 0. The summed E-state index contributed by atoms with van der Waals surface area (Å²) in [5, 5.41) is 3.55. The predicted octanol–water partition coefficient (Wildman–Crippen LogP) is 4.13. The Morgan fingerprint density at radius 1 is 1.05 bits per heavy atom. The van der Waals surface area contributed by atoms with Crippen molar-refractivity contribution < 1.29 is 0 Å². The summed E-state index contributed by atoms with van der Waals surface area (Å²) in [6, 6.07) is 9.00. The maximum atomic E-state index is 3.55. The van der Waals surface area contributed by atoms with Crippen LogP contribution in [0, 0.1) is 5.92 Å². The van der Waals surface area contributed by atoms with Crippen molar-refractivity contribution in [1.29, 1.82) is 0 Å². The summed E-state index contributed by atoms with van der Waals surface area (Å²) in [4.78, 5) is 2.55. The topological polar surface area (TPSA) is 15.3 Å². The Morgan fingerprint density at radius 3 is 2.26 bits per heavy atom. The van der Waals surface area contributed by atoms with E-state index >= 15 is 0 Å². The van der Waals surface area contributed by atoms with Crippen LogP contribution in [0.1, 0.15) is 45.1 Å². The van der Waals surface area contributed by atoms with Gasteiger partial charge in [0.25, 0.3) is 0 Å². The third-order valence-electron chi connectivity index (χ3n) is 4.31. The second kappa shape index (κ2) is 7.54. The van der Waals surface area contributed by atoms with Crippen LogP contribution >= 0.6 is 0 Å². The van der Waals surface area contributed by atoms with Crippen molar-refractivity contribution in [3.8, 4) is 0 Å². The number of likely N-dealkylation sites (tertiary alicyclic amines) is 1.